The Bertz CT molecular complexity index is 514. The minimum absolute atomic E-state index is 0.329. The molecule has 108 valence electrons. The molecule has 1 aliphatic rings. The zero-order valence-electron chi connectivity index (χ0n) is 11.6. The number of benzene rings is 1. The molecular formula is C15H20N2O3. The van der Waals surface area contributed by atoms with Crippen LogP contribution in [0, 0.1) is 0 Å². The number of carbonyl (C=O) groups is 2. The summed E-state index contributed by atoms with van der Waals surface area (Å²) in [4.78, 5) is 23.3. The molecule has 3 N–H and O–H groups in total. The highest BCUT2D eigenvalue weighted by Gasteiger charge is 2.21. The van der Waals surface area contributed by atoms with Crippen LogP contribution >= 0.6 is 0 Å². The molecule has 2 rings (SSSR count). The van der Waals surface area contributed by atoms with Crippen molar-refractivity contribution in [2.45, 2.75) is 38.6 Å². The summed E-state index contributed by atoms with van der Waals surface area (Å²) >= 11 is 0. The molecule has 20 heavy (non-hydrogen) atoms. The fourth-order valence-electron chi connectivity index (χ4n) is 2.34. The van der Waals surface area contributed by atoms with Crippen LogP contribution in [0.5, 0.6) is 0 Å². The van der Waals surface area contributed by atoms with E-state index in [-0.39, 0.29) is 5.91 Å². The van der Waals surface area contributed by atoms with E-state index in [1.807, 2.05) is 13.0 Å². The van der Waals surface area contributed by atoms with E-state index in [1.54, 1.807) is 12.1 Å². The molecule has 5 heteroatoms. The van der Waals surface area contributed by atoms with Gasteiger partial charge in [-0.05, 0) is 30.5 Å². The molecule has 0 aliphatic carbocycles. The Morgan fingerprint density at radius 3 is 2.95 bits per heavy atom. The number of fused-ring (bicyclic) bond motifs is 1. The van der Waals surface area contributed by atoms with Crippen LogP contribution in [0.1, 0.15) is 42.1 Å². The molecule has 1 aromatic rings. The Morgan fingerprint density at radius 2 is 2.25 bits per heavy atom. The van der Waals surface area contributed by atoms with Crippen molar-refractivity contribution in [1.82, 2.24) is 5.32 Å². The van der Waals surface area contributed by atoms with Crippen LogP contribution in [0.2, 0.25) is 0 Å². The summed E-state index contributed by atoms with van der Waals surface area (Å²) < 4.78 is 0. The van der Waals surface area contributed by atoms with Gasteiger partial charge >= 0.3 is 5.97 Å². The van der Waals surface area contributed by atoms with E-state index < -0.39 is 12.0 Å². The molecule has 5 nitrogen and oxygen atoms in total. The molecule has 1 aromatic carbocycles. The van der Waals surface area contributed by atoms with Crippen molar-refractivity contribution in [2.24, 2.45) is 0 Å². The zero-order chi connectivity index (χ0) is 14.5. The van der Waals surface area contributed by atoms with Gasteiger partial charge < -0.3 is 15.7 Å². The van der Waals surface area contributed by atoms with Gasteiger partial charge in [-0.3, -0.25) is 4.79 Å². The lowest BCUT2D eigenvalue weighted by Gasteiger charge is -2.14. The predicted molar refractivity (Wildman–Crippen MR) is 77.1 cm³/mol. The summed E-state index contributed by atoms with van der Waals surface area (Å²) in [6.45, 7) is 2.88. The first kappa shape index (κ1) is 14.4. The van der Waals surface area contributed by atoms with Crippen molar-refractivity contribution in [1.29, 1.82) is 0 Å². The molecule has 0 fully saturated rings. The molecule has 1 amide bonds. The molecule has 1 atom stereocenters. The van der Waals surface area contributed by atoms with Crippen molar-refractivity contribution < 1.29 is 14.7 Å². The van der Waals surface area contributed by atoms with E-state index in [4.69, 9.17) is 5.11 Å². The Labute approximate surface area is 118 Å². The number of amides is 1. The number of rotatable bonds is 6. The number of carbonyl (C=O) groups excluding carboxylic acids is 1. The van der Waals surface area contributed by atoms with Gasteiger partial charge in [0.1, 0.15) is 6.04 Å². The van der Waals surface area contributed by atoms with Gasteiger partial charge in [0, 0.05) is 17.8 Å². The summed E-state index contributed by atoms with van der Waals surface area (Å²) in [7, 11) is 0. The smallest absolute Gasteiger partial charge is 0.326 e. The first-order chi connectivity index (χ1) is 9.61. The Morgan fingerprint density at radius 1 is 1.45 bits per heavy atom. The Hall–Kier alpha value is -2.04. The molecule has 0 spiro atoms. The summed E-state index contributed by atoms with van der Waals surface area (Å²) in [6, 6.07) is 4.64. The van der Waals surface area contributed by atoms with E-state index >= 15 is 0 Å². The molecule has 0 radical (unpaired) electrons. The molecule has 0 bridgehead atoms. The van der Waals surface area contributed by atoms with Crippen LogP contribution in [0.15, 0.2) is 18.2 Å². The first-order valence-corrected chi connectivity index (χ1v) is 7.02. The van der Waals surface area contributed by atoms with Crippen LogP contribution < -0.4 is 10.6 Å². The van der Waals surface area contributed by atoms with E-state index in [9.17, 15) is 9.59 Å². The van der Waals surface area contributed by atoms with Crippen molar-refractivity contribution in [3.63, 3.8) is 0 Å². The van der Waals surface area contributed by atoms with Gasteiger partial charge in [0.15, 0.2) is 0 Å². The van der Waals surface area contributed by atoms with Gasteiger partial charge in [0.2, 0.25) is 0 Å². The van der Waals surface area contributed by atoms with Gasteiger partial charge in [-0.1, -0.05) is 25.8 Å². The van der Waals surface area contributed by atoms with Crippen molar-refractivity contribution in [2.75, 3.05) is 11.9 Å². The average Bonchev–Trinajstić information content (AvgIpc) is 2.90. The summed E-state index contributed by atoms with van der Waals surface area (Å²) in [5.74, 6) is -1.31. The van der Waals surface area contributed by atoms with E-state index in [0.717, 1.165) is 31.5 Å². The number of unbranched alkanes of at least 4 members (excludes halogenated alkanes) is 1. The Balaban J connectivity index is 2.04. The quantitative estimate of drug-likeness (QED) is 0.743. The minimum Gasteiger partial charge on any atom is -0.480 e. The van der Waals surface area contributed by atoms with Crippen molar-refractivity contribution in [3.05, 3.63) is 29.3 Å². The fraction of sp³-hybridized carbons (Fsp3) is 0.467. The minimum atomic E-state index is -0.980. The molecule has 1 aliphatic heterocycles. The van der Waals surface area contributed by atoms with Crippen LogP contribution in [0.4, 0.5) is 5.69 Å². The van der Waals surface area contributed by atoms with Gasteiger partial charge in [0.05, 0.1) is 0 Å². The largest absolute Gasteiger partial charge is 0.480 e. The molecule has 0 aromatic heterocycles. The van der Waals surface area contributed by atoms with Crippen LogP contribution in [0.3, 0.4) is 0 Å². The number of hydrogen-bond acceptors (Lipinski definition) is 3. The summed E-state index contributed by atoms with van der Waals surface area (Å²) in [5, 5.41) is 14.9. The number of anilines is 1. The second-order valence-electron chi connectivity index (χ2n) is 5.06. The van der Waals surface area contributed by atoms with Gasteiger partial charge in [0.25, 0.3) is 5.91 Å². The monoisotopic (exact) mass is 276 g/mol. The normalized spacial score (nSPS) is 14.2. The lowest BCUT2D eigenvalue weighted by molar-refractivity contribution is -0.139. The summed E-state index contributed by atoms with van der Waals surface area (Å²) in [6.07, 6.45) is 3.11. The van der Waals surface area contributed by atoms with Gasteiger partial charge in [-0.25, -0.2) is 4.79 Å². The average molecular weight is 276 g/mol. The maximum atomic E-state index is 12.1. The number of nitrogens with one attached hydrogen (secondary N) is 2. The lowest BCUT2D eigenvalue weighted by Crippen LogP contribution is -2.40. The highest BCUT2D eigenvalue weighted by atomic mass is 16.4. The highest BCUT2D eigenvalue weighted by Crippen LogP contribution is 2.23. The van der Waals surface area contributed by atoms with E-state index in [1.165, 1.54) is 5.56 Å². The summed E-state index contributed by atoms with van der Waals surface area (Å²) in [5.41, 5.74) is 2.67. The maximum absolute atomic E-state index is 12.1. The zero-order valence-corrected chi connectivity index (χ0v) is 11.6. The second-order valence-corrected chi connectivity index (χ2v) is 5.06. The third-order valence-corrected chi connectivity index (χ3v) is 3.53. The molecular weight excluding hydrogens is 256 g/mol. The molecule has 0 saturated heterocycles. The van der Waals surface area contributed by atoms with Crippen molar-refractivity contribution >= 4 is 17.6 Å². The predicted octanol–water partition coefficient (Wildman–Crippen LogP) is 2.03. The Kier molecular flexibility index (Phi) is 4.61. The van der Waals surface area contributed by atoms with Crippen molar-refractivity contribution in [3.8, 4) is 0 Å². The SMILES string of the molecule is CCCC[C@H](NC(=O)c1ccc2c(c1)NCC2)C(=O)O. The number of carboxylic acid groups (broad SMARTS) is 1. The maximum Gasteiger partial charge on any atom is 0.326 e. The molecule has 0 saturated carbocycles. The first-order valence-electron chi connectivity index (χ1n) is 7.02. The van der Waals surface area contributed by atoms with Crippen LogP contribution in [-0.4, -0.2) is 29.6 Å². The van der Waals surface area contributed by atoms with E-state index in [0.29, 0.717) is 12.0 Å². The second kappa shape index (κ2) is 6.41. The van der Waals surface area contributed by atoms with Crippen LogP contribution in [-0.2, 0) is 11.2 Å². The number of hydrogen-bond donors (Lipinski definition) is 3. The topological polar surface area (TPSA) is 78.4 Å². The third-order valence-electron chi connectivity index (χ3n) is 3.53. The number of aliphatic carboxylic acids is 1. The third kappa shape index (κ3) is 3.29. The molecule has 0 unspecified atom stereocenters. The number of carboxylic acids is 1. The van der Waals surface area contributed by atoms with Gasteiger partial charge in [-0.2, -0.15) is 0 Å². The molecule has 1 heterocycles. The highest BCUT2D eigenvalue weighted by molar-refractivity contribution is 5.97. The fourth-order valence-corrected chi connectivity index (χ4v) is 2.34. The van der Waals surface area contributed by atoms with Crippen LogP contribution in [0.25, 0.3) is 0 Å². The standard InChI is InChI=1S/C15H20N2O3/c1-2-3-4-12(15(19)20)17-14(18)11-6-5-10-7-8-16-13(10)9-11/h5-6,9,12,16H,2-4,7-8H2,1H3,(H,17,18)(H,19,20)/t12-/m0/s1. The van der Waals surface area contributed by atoms with E-state index in [2.05, 4.69) is 10.6 Å². The lowest BCUT2D eigenvalue weighted by atomic mass is 10.1. The van der Waals surface area contributed by atoms with Gasteiger partial charge in [-0.15, -0.1) is 0 Å².